The highest BCUT2D eigenvalue weighted by Crippen LogP contribution is 2.50. The standard InChI is InChI=1S/C25H26O/c26-24-19-11-10-18-23(24)25(20-12-4-1-5-13-20,21-14-6-2-7-15-21)22-16-8-3-9-17-22/h1-9,12-17,23-24,26H,10-11,18-19H2/t23-,24-/m0/s1. The molecule has 1 aliphatic rings. The molecule has 0 amide bonds. The molecule has 0 bridgehead atoms. The van der Waals surface area contributed by atoms with Crippen LogP contribution in [0.4, 0.5) is 0 Å². The molecule has 1 nitrogen and oxygen atoms in total. The highest BCUT2D eigenvalue weighted by molar-refractivity contribution is 5.51. The number of hydrogen-bond donors (Lipinski definition) is 1. The lowest BCUT2D eigenvalue weighted by Crippen LogP contribution is -2.45. The predicted octanol–water partition coefficient (Wildman–Crippen LogP) is 5.57. The molecule has 1 fully saturated rings. The Morgan fingerprint density at radius 2 is 0.962 bits per heavy atom. The third-order valence-corrected chi connectivity index (χ3v) is 5.97. The first-order chi connectivity index (χ1) is 12.8. The molecule has 0 unspecified atom stereocenters. The molecule has 0 aliphatic heterocycles. The van der Waals surface area contributed by atoms with Crippen molar-refractivity contribution in [2.45, 2.75) is 37.2 Å². The zero-order valence-electron chi connectivity index (χ0n) is 15.1. The van der Waals surface area contributed by atoms with E-state index in [0.717, 1.165) is 19.3 Å². The number of hydrogen-bond acceptors (Lipinski definition) is 1. The summed E-state index contributed by atoms with van der Waals surface area (Å²) in [5, 5.41) is 11.1. The Hall–Kier alpha value is -2.38. The van der Waals surface area contributed by atoms with Crippen molar-refractivity contribution in [3.8, 4) is 0 Å². The molecule has 2 atom stereocenters. The van der Waals surface area contributed by atoms with E-state index in [0.29, 0.717) is 0 Å². The minimum Gasteiger partial charge on any atom is -0.393 e. The average Bonchev–Trinajstić information content (AvgIpc) is 2.72. The van der Waals surface area contributed by atoms with E-state index in [4.69, 9.17) is 0 Å². The second kappa shape index (κ2) is 7.47. The zero-order valence-corrected chi connectivity index (χ0v) is 15.1. The fourth-order valence-electron chi connectivity index (χ4n) is 4.86. The summed E-state index contributed by atoms with van der Waals surface area (Å²) in [6, 6.07) is 32.3. The van der Waals surface area contributed by atoms with Crippen molar-refractivity contribution in [1.29, 1.82) is 0 Å². The van der Waals surface area contributed by atoms with Crippen LogP contribution in [0, 0.1) is 5.92 Å². The van der Waals surface area contributed by atoms with Crippen molar-refractivity contribution in [1.82, 2.24) is 0 Å². The van der Waals surface area contributed by atoms with Gasteiger partial charge in [-0.25, -0.2) is 0 Å². The molecule has 1 N–H and O–H groups in total. The second-order valence-corrected chi connectivity index (χ2v) is 7.36. The topological polar surface area (TPSA) is 20.2 Å². The molecular formula is C25H26O. The molecule has 0 heterocycles. The van der Waals surface area contributed by atoms with Crippen LogP contribution in [0.5, 0.6) is 0 Å². The van der Waals surface area contributed by atoms with E-state index in [-0.39, 0.29) is 17.4 Å². The number of benzene rings is 3. The number of aliphatic hydroxyl groups excluding tert-OH is 1. The minimum atomic E-state index is -0.330. The SMILES string of the molecule is O[C@H]1CCCC[C@@H]1C(c1ccccc1)(c1ccccc1)c1ccccc1. The Kier molecular flexibility index (Phi) is 4.90. The van der Waals surface area contributed by atoms with Crippen LogP contribution in [0.3, 0.4) is 0 Å². The van der Waals surface area contributed by atoms with Crippen LogP contribution in [-0.2, 0) is 5.41 Å². The summed E-state index contributed by atoms with van der Waals surface area (Å²) in [7, 11) is 0. The maximum absolute atomic E-state index is 11.1. The largest absolute Gasteiger partial charge is 0.393 e. The number of rotatable bonds is 4. The third-order valence-electron chi connectivity index (χ3n) is 5.97. The van der Waals surface area contributed by atoms with Crippen molar-refractivity contribution in [3.05, 3.63) is 108 Å². The molecule has 4 rings (SSSR count). The van der Waals surface area contributed by atoms with E-state index in [1.54, 1.807) is 0 Å². The first-order valence-electron chi connectivity index (χ1n) is 9.68. The molecule has 0 radical (unpaired) electrons. The lowest BCUT2D eigenvalue weighted by atomic mass is 9.57. The summed E-state index contributed by atoms with van der Waals surface area (Å²) < 4.78 is 0. The molecule has 132 valence electrons. The molecular weight excluding hydrogens is 316 g/mol. The van der Waals surface area contributed by atoms with Gasteiger partial charge in [0, 0.05) is 5.92 Å². The highest BCUT2D eigenvalue weighted by atomic mass is 16.3. The Morgan fingerprint density at radius 3 is 1.35 bits per heavy atom. The van der Waals surface area contributed by atoms with Crippen molar-refractivity contribution >= 4 is 0 Å². The summed E-state index contributed by atoms with van der Waals surface area (Å²) in [6.45, 7) is 0. The van der Waals surface area contributed by atoms with Gasteiger partial charge in [-0.1, -0.05) is 104 Å². The predicted molar refractivity (Wildman–Crippen MR) is 107 cm³/mol. The summed E-state index contributed by atoms with van der Waals surface area (Å²) >= 11 is 0. The van der Waals surface area contributed by atoms with Crippen LogP contribution < -0.4 is 0 Å². The summed E-state index contributed by atoms with van der Waals surface area (Å²) in [6.07, 6.45) is 3.94. The molecule has 0 aromatic heterocycles. The van der Waals surface area contributed by atoms with E-state index in [9.17, 15) is 5.11 Å². The van der Waals surface area contributed by atoms with Gasteiger partial charge in [-0.05, 0) is 29.5 Å². The van der Waals surface area contributed by atoms with E-state index >= 15 is 0 Å². The van der Waals surface area contributed by atoms with Crippen LogP contribution in [0.2, 0.25) is 0 Å². The molecule has 26 heavy (non-hydrogen) atoms. The normalized spacial score (nSPS) is 20.7. The van der Waals surface area contributed by atoms with Gasteiger partial charge >= 0.3 is 0 Å². The van der Waals surface area contributed by atoms with Crippen LogP contribution >= 0.6 is 0 Å². The molecule has 1 saturated carbocycles. The summed E-state index contributed by atoms with van der Waals surface area (Å²) in [5.41, 5.74) is 3.47. The fraction of sp³-hybridized carbons (Fsp3) is 0.280. The van der Waals surface area contributed by atoms with E-state index in [1.165, 1.54) is 23.1 Å². The Bertz CT molecular complexity index is 714. The van der Waals surface area contributed by atoms with Crippen molar-refractivity contribution < 1.29 is 5.11 Å². The zero-order chi connectivity index (χ0) is 17.8. The van der Waals surface area contributed by atoms with E-state index < -0.39 is 0 Å². The fourth-order valence-corrected chi connectivity index (χ4v) is 4.86. The summed E-state index contributed by atoms with van der Waals surface area (Å²) in [4.78, 5) is 0. The van der Waals surface area contributed by atoms with Crippen molar-refractivity contribution in [2.75, 3.05) is 0 Å². The quantitative estimate of drug-likeness (QED) is 0.614. The molecule has 3 aromatic carbocycles. The molecule has 3 aromatic rings. The van der Waals surface area contributed by atoms with E-state index in [1.807, 2.05) is 0 Å². The lowest BCUT2D eigenvalue weighted by molar-refractivity contribution is 0.0434. The van der Waals surface area contributed by atoms with Gasteiger partial charge in [-0.2, -0.15) is 0 Å². The van der Waals surface area contributed by atoms with E-state index in [2.05, 4.69) is 91.0 Å². The lowest BCUT2D eigenvalue weighted by Gasteiger charge is -2.46. The van der Waals surface area contributed by atoms with Gasteiger partial charge < -0.3 is 5.11 Å². The molecule has 1 aliphatic carbocycles. The Morgan fingerprint density at radius 1 is 0.577 bits per heavy atom. The van der Waals surface area contributed by atoms with Gasteiger partial charge in [-0.3, -0.25) is 0 Å². The Balaban J connectivity index is 2.03. The first-order valence-corrected chi connectivity index (χ1v) is 9.68. The number of aliphatic hydroxyl groups is 1. The van der Waals surface area contributed by atoms with Crippen molar-refractivity contribution in [2.24, 2.45) is 5.92 Å². The molecule has 0 saturated heterocycles. The van der Waals surface area contributed by atoms with Gasteiger partial charge in [0.25, 0.3) is 0 Å². The van der Waals surface area contributed by atoms with Gasteiger partial charge in [0.2, 0.25) is 0 Å². The maximum atomic E-state index is 11.1. The first kappa shape index (κ1) is 17.1. The second-order valence-electron chi connectivity index (χ2n) is 7.36. The van der Waals surface area contributed by atoms with Crippen molar-refractivity contribution in [3.63, 3.8) is 0 Å². The van der Waals surface area contributed by atoms with Gasteiger partial charge in [0.05, 0.1) is 11.5 Å². The van der Waals surface area contributed by atoms with Gasteiger partial charge in [0.1, 0.15) is 0 Å². The van der Waals surface area contributed by atoms with Gasteiger partial charge in [-0.15, -0.1) is 0 Å². The molecule has 1 heteroatoms. The van der Waals surface area contributed by atoms with Crippen LogP contribution in [0.1, 0.15) is 42.4 Å². The van der Waals surface area contributed by atoms with Crippen LogP contribution in [0.25, 0.3) is 0 Å². The smallest absolute Gasteiger partial charge is 0.0583 e. The monoisotopic (exact) mass is 342 g/mol. The van der Waals surface area contributed by atoms with Crippen LogP contribution in [-0.4, -0.2) is 11.2 Å². The Labute approximate surface area is 156 Å². The highest BCUT2D eigenvalue weighted by Gasteiger charge is 2.47. The summed E-state index contributed by atoms with van der Waals surface area (Å²) in [5.74, 6) is 0.170. The van der Waals surface area contributed by atoms with Gasteiger partial charge in [0.15, 0.2) is 0 Å². The molecule has 0 spiro atoms. The minimum absolute atomic E-state index is 0.170. The maximum Gasteiger partial charge on any atom is 0.0583 e. The third kappa shape index (κ3) is 2.87. The van der Waals surface area contributed by atoms with Crippen LogP contribution in [0.15, 0.2) is 91.0 Å². The average molecular weight is 342 g/mol.